The van der Waals surface area contributed by atoms with Crippen molar-refractivity contribution < 1.29 is 13.9 Å². The van der Waals surface area contributed by atoms with Gasteiger partial charge in [-0.3, -0.25) is 0 Å². The molecule has 1 saturated carbocycles. The summed E-state index contributed by atoms with van der Waals surface area (Å²) in [7, 11) is -1.86. The SMILES string of the molecule is CC1(C)O[C@@H]2[C@@H](CO[Si](C)(C)C(C)(C)C)C[C@@H](N3CC(Br)c4c(Cl)nc(Cl)nc43)[C@@H]2O1. The smallest absolute Gasteiger partial charge is 0.225 e. The van der Waals surface area contributed by atoms with Gasteiger partial charge in [-0.05, 0) is 50.0 Å². The van der Waals surface area contributed by atoms with Crippen molar-refractivity contribution >= 4 is 53.3 Å². The lowest BCUT2D eigenvalue weighted by Gasteiger charge is -2.37. The van der Waals surface area contributed by atoms with Crippen LogP contribution in [-0.2, 0) is 13.9 Å². The van der Waals surface area contributed by atoms with Crippen LogP contribution in [0.5, 0.6) is 0 Å². The molecule has 31 heavy (non-hydrogen) atoms. The zero-order chi connectivity index (χ0) is 22.9. The van der Waals surface area contributed by atoms with Gasteiger partial charge in [-0.25, -0.2) is 9.97 Å². The van der Waals surface area contributed by atoms with Crippen LogP contribution in [-0.4, -0.2) is 55.5 Å². The third-order valence-electron chi connectivity index (χ3n) is 7.21. The highest BCUT2D eigenvalue weighted by Gasteiger charge is 2.57. The van der Waals surface area contributed by atoms with Crippen LogP contribution >= 0.6 is 39.1 Å². The van der Waals surface area contributed by atoms with E-state index in [1.807, 2.05) is 13.8 Å². The van der Waals surface area contributed by atoms with Gasteiger partial charge in [-0.15, -0.1) is 0 Å². The van der Waals surface area contributed by atoms with Gasteiger partial charge in [0.2, 0.25) is 5.28 Å². The van der Waals surface area contributed by atoms with Gasteiger partial charge in [0.15, 0.2) is 14.1 Å². The second-order valence-electron chi connectivity index (χ2n) is 10.8. The normalized spacial score (nSPS) is 32.5. The summed E-state index contributed by atoms with van der Waals surface area (Å²) in [5, 5.41) is 0.723. The highest BCUT2D eigenvalue weighted by molar-refractivity contribution is 9.09. The van der Waals surface area contributed by atoms with E-state index >= 15 is 0 Å². The molecule has 3 aliphatic rings. The first-order valence-electron chi connectivity index (χ1n) is 10.8. The van der Waals surface area contributed by atoms with E-state index in [1.54, 1.807) is 0 Å². The molecule has 1 aromatic rings. The average Bonchev–Trinajstić information content (AvgIpc) is 3.20. The molecule has 2 fully saturated rings. The number of hydrogen-bond donors (Lipinski definition) is 0. The molecule has 6 nitrogen and oxygen atoms in total. The van der Waals surface area contributed by atoms with E-state index in [0.717, 1.165) is 24.3 Å². The lowest BCUT2D eigenvalue weighted by Crippen LogP contribution is -2.43. The van der Waals surface area contributed by atoms with E-state index in [2.05, 4.69) is 64.7 Å². The fraction of sp³-hybridized carbons (Fsp3) is 0.810. The summed E-state index contributed by atoms with van der Waals surface area (Å²) in [5.74, 6) is 0.409. The number of anilines is 1. The Morgan fingerprint density at radius 3 is 2.48 bits per heavy atom. The van der Waals surface area contributed by atoms with Gasteiger partial charge in [0, 0.05) is 24.6 Å². The van der Waals surface area contributed by atoms with Crippen LogP contribution in [0.3, 0.4) is 0 Å². The molecule has 4 rings (SSSR count). The van der Waals surface area contributed by atoms with E-state index in [4.69, 9.17) is 37.1 Å². The Kier molecular flexibility index (Phi) is 6.29. The first-order valence-corrected chi connectivity index (χ1v) is 15.4. The molecule has 0 aromatic carbocycles. The van der Waals surface area contributed by atoms with E-state index < -0.39 is 14.1 Å². The van der Waals surface area contributed by atoms with Crippen molar-refractivity contribution in [1.82, 2.24) is 9.97 Å². The Balaban J connectivity index is 1.60. The summed E-state index contributed by atoms with van der Waals surface area (Å²) < 4.78 is 19.4. The highest BCUT2D eigenvalue weighted by Crippen LogP contribution is 2.50. The van der Waals surface area contributed by atoms with Crippen LogP contribution in [0.15, 0.2) is 0 Å². The summed E-state index contributed by atoms with van der Waals surface area (Å²) in [5.41, 5.74) is 0.891. The van der Waals surface area contributed by atoms with E-state index in [1.165, 1.54) is 0 Å². The van der Waals surface area contributed by atoms with Crippen molar-refractivity contribution in [1.29, 1.82) is 0 Å². The highest BCUT2D eigenvalue weighted by atomic mass is 79.9. The predicted molar refractivity (Wildman–Crippen MR) is 130 cm³/mol. The Bertz CT molecular complexity index is 867. The van der Waals surface area contributed by atoms with E-state index in [9.17, 15) is 0 Å². The average molecular weight is 553 g/mol. The number of rotatable bonds is 4. The zero-order valence-corrected chi connectivity index (χ0v) is 23.3. The number of halogens is 3. The summed E-state index contributed by atoms with van der Waals surface area (Å²) in [6.45, 7) is 16.8. The van der Waals surface area contributed by atoms with Crippen molar-refractivity contribution in [3.05, 3.63) is 16.0 Å². The van der Waals surface area contributed by atoms with Gasteiger partial charge < -0.3 is 18.8 Å². The molecular weight excluding hydrogens is 521 g/mol. The number of nitrogens with zero attached hydrogens (tertiary/aromatic N) is 3. The minimum absolute atomic E-state index is 0.0182. The molecule has 3 heterocycles. The van der Waals surface area contributed by atoms with Gasteiger partial charge in [-0.1, -0.05) is 48.3 Å². The number of alkyl halides is 1. The summed E-state index contributed by atoms with van der Waals surface area (Å²) in [6, 6.07) is 0.100. The van der Waals surface area contributed by atoms with Crippen LogP contribution < -0.4 is 4.90 Å². The predicted octanol–water partition coefficient (Wildman–Crippen LogP) is 5.97. The summed E-state index contributed by atoms with van der Waals surface area (Å²) >= 11 is 16.3. The molecule has 1 aromatic heterocycles. The molecule has 1 unspecified atom stereocenters. The standard InChI is InChI=1S/C21H32BrCl2N3O3Si/c1-20(2,3)31(6,7)28-10-11-8-13(16-15(11)29-21(4,5)30-16)27-9-12(22)14-17(23)25-19(24)26-18(14)27/h11-13,15-16H,8-10H2,1-7H3/t11-,12?,13-,15-,16+/m1/s1. The van der Waals surface area contributed by atoms with Gasteiger partial charge in [-0.2, -0.15) is 0 Å². The molecule has 0 radical (unpaired) electrons. The fourth-order valence-corrected chi connectivity index (χ4v) is 7.03. The molecule has 0 amide bonds. The van der Waals surface area contributed by atoms with Crippen LogP contribution in [0.4, 0.5) is 5.82 Å². The third-order valence-corrected chi connectivity index (χ3v) is 12.9. The van der Waals surface area contributed by atoms with Crippen LogP contribution in [0.25, 0.3) is 0 Å². The van der Waals surface area contributed by atoms with Crippen molar-refractivity contribution in [2.75, 3.05) is 18.1 Å². The maximum absolute atomic E-state index is 6.60. The third kappa shape index (κ3) is 4.43. The molecule has 1 aliphatic carbocycles. The summed E-state index contributed by atoms with van der Waals surface area (Å²) in [6.07, 6.45) is 0.815. The number of ether oxygens (including phenoxy) is 2. The van der Waals surface area contributed by atoms with E-state index in [-0.39, 0.29) is 39.3 Å². The van der Waals surface area contributed by atoms with Gasteiger partial charge in [0.25, 0.3) is 0 Å². The largest absolute Gasteiger partial charge is 0.416 e. The molecule has 0 N–H and O–H groups in total. The number of aromatic nitrogens is 2. The van der Waals surface area contributed by atoms with Gasteiger partial charge in [0.05, 0.1) is 17.0 Å². The topological polar surface area (TPSA) is 56.7 Å². The van der Waals surface area contributed by atoms with Crippen LogP contribution in [0, 0.1) is 5.92 Å². The second kappa shape index (κ2) is 8.07. The fourth-order valence-electron chi connectivity index (χ4n) is 4.59. The minimum Gasteiger partial charge on any atom is -0.416 e. The van der Waals surface area contributed by atoms with Crippen molar-refractivity contribution in [3.8, 4) is 0 Å². The van der Waals surface area contributed by atoms with Crippen molar-refractivity contribution in [2.45, 2.75) is 88.0 Å². The zero-order valence-electron chi connectivity index (χ0n) is 19.2. The lowest BCUT2D eigenvalue weighted by atomic mass is 10.1. The lowest BCUT2D eigenvalue weighted by molar-refractivity contribution is -0.159. The molecule has 0 spiro atoms. The molecule has 2 aliphatic heterocycles. The molecule has 0 bridgehead atoms. The molecule has 5 atom stereocenters. The molecular formula is C21H32BrCl2N3O3Si. The van der Waals surface area contributed by atoms with Crippen LogP contribution in [0.1, 0.15) is 51.4 Å². The number of fused-ring (bicyclic) bond motifs is 2. The van der Waals surface area contributed by atoms with Crippen LogP contribution in [0.2, 0.25) is 28.6 Å². The first-order chi connectivity index (χ1) is 14.2. The molecule has 10 heteroatoms. The summed E-state index contributed by atoms with van der Waals surface area (Å²) in [4.78, 5) is 11.0. The maximum Gasteiger partial charge on any atom is 0.225 e. The maximum atomic E-state index is 6.60. The minimum atomic E-state index is -1.86. The van der Waals surface area contributed by atoms with Crippen molar-refractivity contribution in [2.24, 2.45) is 5.92 Å². The Morgan fingerprint density at radius 1 is 1.19 bits per heavy atom. The van der Waals surface area contributed by atoms with Gasteiger partial charge >= 0.3 is 0 Å². The number of hydrogen-bond acceptors (Lipinski definition) is 6. The monoisotopic (exact) mass is 551 g/mol. The molecule has 1 saturated heterocycles. The Morgan fingerprint density at radius 2 is 1.84 bits per heavy atom. The second-order valence-corrected chi connectivity index (χ2v) is 17.5. The van der Waals surface area contributed by atoms with Gasteiger partial charge in [0.1, 0.15) is 17.1 Å². The Hall–Kier alpha value is 0.0369. The molecule has 174 valence electrons. The first kappa shape index (κ1) is 24.2. The van der Waals surface area contributed by atoms with Crippen molar-refractivity contribution in [3.63, 3.8) is 0 Å². The quantitative estimate of drug-likeness (QED) is 0.198. The van der Waals surface area contributed by atoms with E-state index in [0.29, 0.717) is 11.8 Å². The Labute approximate surface area is 204 Å².